The summed E-state index contributed by atoms with van der Waals surface area (Å²) >= 11 is 0. The van der Waals surface area contributed by atoms with Crippen LogP contribution >= 0.6 is 0 Å². The second-order valence-corrected chi connectivity index (χ2v) is 7.76. The average molecular weight is 333 g/mol. The van der Waals surface area contributed by atoms with Crippen LogP contribution in [0, 0.1) is 5.92 Å². The Morgan fingerprint density at radius 3 is 1.54 bits per heavy atom. The third-order valence-electron chi connectivity index (χ3n) is 4.40. The van der Waals surface area contributed by atoms with Crippen molar-refractivity contribution >= 4 is 5.78 Å². The van der Waals surface area contributed by atoms with E-state index in [-0.39, 0.29) is 5.78 Å². The van der Waals surface area contributed by atoms with E-state index >= 15 is 0 Å². The number of carbonyl (C=O) groups is 1. The summed E-state index contributed by atoms with van der Waals surface area (Å²) in [5, 5.41) is 0. The van der Waals surface area contributed by atoms with E-state index in [1.807, 2.05) is 0 Å². The molecule has 0 amide bonds. The minimum absolute atomic E-state index is 0.280. The maximum absolute atomic E-state index is 10.9. The molecule has 0 radical (unpaired) electrons. The summed E-state index contributed by atoms with van der Waals surface area (Å²) in [5.41, 5.74) is 4.45. The molecule has 24 heavy (non-hydrogen) atoms. The summed E-state index contributed by atoms with van der Waals surface area (Å²) in [6.45, 7) is 13.0. The molecule has 0 aromatic carbocycles. The summed E-state index contributed by atoms with van der Waals surface area (Å²) in [6.07, 6.45) is 17.1. The minimum Gasteiger partial charge on any atom is -0.300 e. The van der Waals surface area contributed by atoms with Crippen LogP contribution in [0.5, 0.6) is 0 Å². The monoisotopic (exact) mass is 332 g/mol. The number of carbonyl (C=O) groups excluding carboxylic acids is 1. The van der Waals surface area contributed by atoms with Crippen LogP contribution in [-0.2, 0) is 4.79 Å². The number of allylic oxidation sites excluding steroid dienone is 6. The molecule has 0 saturated carbocycles. The zero-order valence-corrected chi connectivity index (χ0v) is 17.1. The molecule has 0 fully saturated rings. The molecule has 0 saturated heterocycles. The van der Waals surface area contributed by atoms with Gasteiger partial charge in [0, 0.05) is 6.42 Å². The van der Waals surface area contributed by atoms with Crippen molar-refractivity contribution in [2.75, 3.05) is 0 Å². The van der Waals surface area contributed by atoms with Gasteiger partial charge >= 0.3 is 0 Å². The highest BCUT2D eigenvalue weighted by molar-refractivity contribution is 5.75. The van der Waals surface area contributed by atoms with Crippen molar-refractivity contribution in [1.82, 2.24) is 0 Å². The Labute approximate surface area is 151 Å². The summed E-state index contributed by atoms with van der Waals surface area (Å²) < 4.78 is 0. The Bertz CT molecular complexity index is 435. The van der Waals surface area contributed by atoms with E-state index in [0.29, 0.717) is 6.42 Å². The molecule has 0 unspecified atom stereocenters. The Kier molecular flexibility index (Phi) is 13.6. The van der Waals surface area contributed by atoms with Gasteiger partial charge in [0.2, 0.25) is 0 Å². The van der Waals surface area contributed by atoms with E-state index in [2.05, 4.69) is 52.8 Å². The van der Waals surface area contributed by atoms with E-state index < -0.39 is 0 Å². The van der Waals surface area contributed by atoms with Crippen molar-refractivity contribution < 1.29 is 4.79 Å². The average Bonchev–Trinajstić information content (AvgIpc) is 2.46. The van der Waals surface area contributed by atoms with Crippen LogP contribution in [0.1, 0.15) is 99.3 Å². The Balaban J connectivity index is 3.92. The van der Waals surface area contributed by atoms with E-state index in [1.165, 1.54) is 43.3 Å². The molecular weight excluding hydrogens is 292 g/mol. The Morgan fingerprint density at radius 1 is 0.708 bits per heavy atom. The number of rotatable bonds is 13. The molecule has 1 heteroatoms. The Hall–Kier alpha value is -1.11. The van der Waals surface area contributed by atoms with E-state index in [4.69, 9.17) is 0 Å². The molecule has 0 bridgehead atoms. The Morgan fingerprint density at radius 2 is 1.12 bits per heavy atom. The topological polar surface area (TPSA) is 17.1 Å². The smallest absolute Gasteiger partial charge is 0.130 e. The van der Waals surface area contributed by atoms with Gasteiger partial charge < -0.3 is 4.79 Å². The molecule has 0 atom stereocenters. The summed E-state index contributed by atoms with van der Waals surface area (Å²) in [6, 6.07) is 0. The second kappa shape index (κ2) is 14.3. The van der Waals surface area contributed by atoms with Crippen molar-refractivity contribution in [3.05, 3.63) is 34.9 Å². The molecule has 0 aliphatic heterocycles. The largest absolute Gasteiger partial charge is 0.300 e. The number of ketones is 1. The lowest BCUT2D eigenvalue weighted by Crippen LogP contribution is -1.88. The number of Topliss-reactive ketones (excluding diaryl/α,β-unsaturated/α-hetero) is 1. The normalized spacial score (nSPS) is 13.7. The SMILES string of the molecule is CC(=O)CC/C=C(\C)CC/C=C(/C)CC/C=C(/C)CCCC(C)C. The number of hydrogen-bond acceptors (Lipinski definition) is 1. The summed E-state index contributed by atoms with van der Waals surface area (Å²) in [7, 11) is 0. The molecule has 0 spiro atoms. The highest BCUT2D eigenvalue weighted by Gasteiger charge is 1.96. The summed E-state index contributed by atoms with van der Waals surface area (Å²) in [4.78, 5) is 10.9. The predicted molar refractivity (Wildman–Crippen MR) is 108 cm³/mol. The zero-order chi connectivity index (χ0) is 18.4. The van der Waals surface area contributed by atoms with Crippen molar-refractivity contribution in [2.45, 2.75) is 99.3 Å². The number of hydrogen-bond donors (Lipinski definition) is 0. The lowest BCUT2D eigenvalue weighted by Gasteiger charge is -2.05. The van der Waals surface area contributed by atoms with Gasteiger partial charge in [0.15, 0.2) is 0 Å². The van der Waals surface area contributed by atoms with Crippen molar-refractivity contribution in [3.8, 4) is 0 Å². The van der Waals surface area contributed by atoms with Crippen LogP contribution in [0.2, 0.25) is 0 Å². The van der Waals surface area contributed by atoms with Gasteiger partial charge in [0.05, 0.1) is 0 Å². The zero-order valence-electron chi connectivity index (χ0n) is 17.1. The first kappa shape index (κ1) is 22.9. The first-order valence-corrected chi connectivity index (χ1v) is 9.77. The molecule has 0 aromatic heterocycles. The van der Waals surface area contributed by atoms with Crippen molar-refractivity contribution in [2.24, 2.45) is 5.92 Å². The van der Waals surface area contributed by atoms with E-state index in [9.17, 15) is 4.79 Å². The fourth-order valence-electron chi connectivity index (χ4n) is 2.71. The third kappa shape index (κ3) is 15.8. The lowest BCUT2D eigenvalue weighted by atomic mass is 10.0. The van der Waals surface area contributed by atoms with Crippen molar-refractivity contribution in [3.63, 3.8) is 0 Å². The van der Waals surface area contributed by atoms with Crippen LogP contribution in [0.3, 0.4) is 0 Å². The molecule has 0 aliphatic carbocycles. The predicted octanol–water partition coefficient (Wildman–Crippen LogP) is 7.58. The second-order valence-electron chi connectivity index (χ2n) is 7.76. The van der Waals surface area contributed by atoms with Gasteiger partial charge in [-0.05, 0) is 78.6 Å². The lowest BCUT2D eigenvalue weighted by molar-refractivity contribution is -0.116. The van der Waals surface area contributed by atoms with Gasteiger partial charge in [0.1, 0.15) is 5.78 Å². The fraction of sp³-hybridized carbons (Fsp3) is 0.696. The van der Waals surface area contributed by atoms with Crippen LogP contribution in [0.25, 0.3) is 0 Å². The molecule has 0 rings (SSSR count). The van der Waals surface area contributed by atoms with Crippen molar-refractivity contribution in [1.29, 1.82) is 0 Å². The molecular formula is C23H40O. The van der Waals surface area contributed by atoms with Gasteiger partial charge in [0.25, 0.3) is 0 Å². The van der Waals surface area contributed by atoms with Crippen LogP contribution in [0.4, 0.5) is 0 Å². The van der Waals surface area contributed by atoms with Gasteiger partial charge in [-0.25, -0.2) is 0 Å². The molecule has 0 aromatic rings. The van der Waals surface area contributed by atoms with E-state index in [1.54, 1.807) is 12.5 Å². The first-order chi connectivity index (χ1) is 11.3. The standard InChI is InChI=1S/C23H40O/c1-19(2)11-7-12-20(3)13-8-14-21(4)15-9-16-22(5)17-10-18-23(6)24/h13,15,17,19H,7-12,14,16,18H2,1-6H3/b20-13-,21-15-,22-17+. The maximum Gasteiger partial charge on any atom is 0.130 e. The van der Waals surface area contributed by atoms with Crippen LogP contribution in [-0.4, -0.2) is 5.78 Å². The third-order valence-corrected chi connectivity index (χ3v) is 4.40. The highest BCUT2D eigenvalue weighted by atomic mass is 16.1. The van der Waals surface area contributed by atoms with Crippen LogP contribution < -0.4 is 0 Å². The molecule has 0 heterocycles. The van der Waals surface area contributed by atoms with Crippen LogP contribution in [0.15, 0.2) is 34.9 Å². The quantitative estimate of drug-likeness (QED) is 0.318. The summed E-state index contributed by atoms with van der Waals surface area (Å²) in [5.74, 6) is 1.10. The molecule has 0 aliphatic rings. The minimum atomic E-state index is 0.280. The van der Waals surface area contributed by atoms with Gasteiger partial charge in [-0.3, -0.25) is 0 Å². The van der Waals surface area contributed by atoms with Gasteiger partial charge in [-0.15, -0.1) is 0 Å². The van der Waals surface area contributed by atoms with Gasteiger partial charge in [-0.2, -0.15) is 0 Å². The highest BCUT2D eigenvalue weighted by Crippen LogP contribution is 2.15. The fourth-order valence-corrected chi connectivity index (χ4v) is 2.71. The van der Waals surface area contributed by atoms with E-state index in [0.717, 1.165) is 25.2 Å². The first-order valence-electron chi connectivity index (χ1n) is 9.77. The molecule has 1 nitrogen and oxygen atoms in total. The van der Waals surface area contributed by atoms with Gasteiger partial charge in [-0.1, -0.05) is 55.2 Å². The maximum atomic E-state index is 10.9. The molecule has 0 N–H and O–H groups in total. The molecule has 138 valence electrons.